The Morgan fingerprint density at radius 3 is 2.61 bits per heavy atom. The summed E-state index contributed by atoms with van der Waals surface area (Å²) < 4.78 is -0.958. The summed E-state index contributed by atoms with van der Waals surface area (Å²) in [6.07, 6.45) is 3.18. The zero-order valence-corrected chi connectivity index (χ0v) is 13.7. The summed E-state index contributed by atoms with van der Waals surface area (Å²) in [4.78, 5) is 19.8. The number of carboxylic acids is 1. The van der Waals surface area contributed by atoms with Gasteiger partial charge in [0.25, 0.3) is 0 Å². The average Bonchev–Trinajstić information content (AvgIpc) is 2.54. The van der Waals surface area contributed by atoms with E-state index in [-0.39, 0.29) is 0 Å². The number of benzene rings is 2. The van der Waals surface area contributed by atoms with Crippen molar-refractivity contribution in [3.8, 4) is 11.1 Å². The van der Waals surface area contributed by atoms with Crippen LogP contribution in [0.3, 0.4) is 0 Å². The zero-order chi connectivity index (χ0) is 16.4. The van der Waals surface area contributed by atoms with Gasteiger partial charge in [-0.3, -0.25) is 4.79 Å². The van der Waals surface area contributed by atoms with E-state index < -0.39 is 10.7 Å². The minimum absolute atomic E-state index is 0.669. The lowest BCUT2D eigenvalue weighted by molar-refractivity contribution is -0.138. The molecule has 0 unspecified atom stereocenters. The number of nitrogens with zero attached hydrogens (tertiary/aromatic N) is 2. The van der Waals surface area contributed by atoms with Crippen LogP contribution < -0.4 is 0 Å². The smallest absolute Gasteiger partial charge is 0.319 e. The Hall–Kier alpha value is -2.40. The summed E-state index contributed by atoms with van der Waals surface area (Å²) >= 11 is 1.23. The number of carboxylic acid groups (broad SMARTS) is 1. The maximum atomic E-state index is 11.4. The fourth-order valence-electron chi connectivity index (χ4n) is 2.24. The van der Waals surface area contributed by atoms with Gasteiger partial charge in [0.15, 0.2) is 0 Å². The molecule has 1 aromatic heterocycles. The van der Waals surface area contributed by atoms with Gasteiger partial charge in [0.05, 0.1) is 0 Å². The van der Waals surface area contributed by atoms with Crippen molar-refractivity contribution in [2.45, 2.75) is 23.6 Å². The highest BCUT2D eigenvalue weighted by atomic mass is 32.2. The van der Waals surface area contributed by atoms with Crippen molar-refractivity contribution in [1.29, 1.82) is 0 Å². The molecule has 0 aliphatic rings. The van der Waals surface area contributed by atoms with Crippen LogP contribution in [0.5, 0.6) is 0 Å². The lowest BCUT2D eigenvalue weighted by Crippen LogP contribution is -2.27. The third-order valence-corrected chi connectivity index (χ3v) is 4.81. The van der Waals surface area contributed by atoms with Crippen molar-refractivity contribution >= 4 is 28.5 Å². The van der Waals surface area contributed by atoms with Gasteiger partial charge in [-0.2, -0.15) is 0 Å². The van der Waals surface area contributed by atoms with Gasteiger partial charge in [-0.05, 0) is 36.2 Å². The van der Waals surface area contributed by atoms with Crippen molar-refractivity contribution in [3.05, 3.63) is 55.0 Å². The fourth-order valence-corrected chi connectivity index (χ4v) is 3.19. The molecule has 23 heavy (non-hydrogen) atoms. The van der Waals surface area contributed by atoms with Crippen LogP contribution in [0.15, 0.2) is 60.0 Å². The van der Waals surface area contributed by atoms with Gasteiger partial charge in [-0.1, -0.05) is 48.2 Å². The molecule has 0 radical (unpaired) electrons. The normalized spacial score (nSPS) is 11.6. The second kappa shape index (κ2) is 6.01. The molecule has 4 nitrogen and oxygen atoms in total. The number of aromatic nitrogens is 2. The molecule has 1 heterocycles. The Labute approximate surface area is 138 Å². The molecule has 0 saturated carbocycles. The average molecular weight is 324 g/mol. The zero-order valence-electron chi connectivity index (χ0n) is 12.9. The third kappa shape index (κ3) is 3.19. The standard InChI is InChI=1S/C18H16N2O2S/c1-18(2,17(21)22)23-16-15(10-19-11-20-16)14-8-7-12-5-3-4-6-13(12)9-14/h3-11H,1-2H3,(H,21,22). The lowest BCUT2D eigenvalue weighted by atomic mass is 10.0. The predicted octanol–water partition coefficient (Wildman–Crippen LogP) is 4.25. The van der Waals surface area contributed by atoms with Crippen LogP contribution >= 0.6 is 11.8 Å². The molecule has 3 rings (SSSR count). The summed E-state index contributed by atoms with van der Waals surface area (Å²) in [5.74, 6) is -0.870. The van der Waals surface area contributed by atoms with E-state index >= 15 is 0 Å². The molecule has 0 spiro atoms. The van der Waals surface area contributed by atoms with Crippen molar-refractivity contribution < 1.29 is 9.90 Å². The van der Waals surface area contributed by atoms with Gasteiger partial charge in [-0.15, -0.1) is 0 Å². The van der Waals surface area contributed by atoms with Gasteiger partial charge in [0, 0.05) is 11.8 Å². The maximum absolute atomic E-state index is 11.4. The summed E-state index contributed by atoms with van der Waals surface area (Å²) in [5.41, 5.74) is 1.82. The summed E-state index contributed by atoms with van der Waals surface area (Å²) in [6, 6.07) is 14.3. The molecule has 0 amide bonds. The summed E-state index contributed by atoms with van der Waals surface area (Å²) in [5, 5.41) is 12.3. The van der Waals surface area contributed by atoms with Gasteiger partial charge in [0.1, 0.15) is 16.1 Å². The molecule has 2 aromatic carbocycles. The Bertz CT molecular complexity index is 878. The molecule has 3 aromatic rings. The highest BCUT2D eigenvalue weighted by Gasteiger charge is 2.30. The van der Waals surface area contributed by atoms with Crippen molar-refractivity contribution in [2.75, 3.05) is 0 Å². The number of fused-ring (bicyclic) bond motifs is 1. The van der Waals surface area contributed by atoms with Gasteiger partial charge in [-0.25, -0.2) is 9.97 Å². The molecule has 0 atom stereocenters. The third-order valence-electron chi connectivity index (χ3n) is 3.60. The van der Waals surface area contributed by atoms with Crippen LogP contribution in [0.25, 0.3) is 21.9 Å². The van der Waals surface area contributed by atoms with Gasteiger partial charge >= 0.3 is 5.97 Å². The van der Waals surface area contributed by atoms with E-state index in [0.29, 0.717) is 5.03 Å². The number of carbonyl (C=O) groups is 1. The summed E-state index contributed by atoms with van der Waals surface area (Å²) in [6.45, 7) is 3.35. The van der Waals surface area contributed by atoms with E-state index in [9.17, 15) is 9.90 Å². The fraction of sp³-hybridized carbons (Fsp3) is 0.167. The number of rotatable bonds is 4. The monoisotopic (exact) mass is 324 g/mol. The molecule has 116 valence electrons. The topological polar surface area (TPSA) is 63.1 Å². The molecular weight excluding hydrogens is 308 g/mol. The second-order valence-corrected chi connectivity index (χ2v) is 7.33. The molecule has 0 aliphatic heterocycles. The van der Waals surface area contributed by atoms with Gasteiger partial charge < -0.3 is 5.11 Å². The summed E-state index contributed by atoms with van der Waals surface area (Å²) in [7, 11) is 0. The first kappa shape index (κ1) is 15.5. The Balaban J connectivity index is 2.07. The number of hydrogen-bond donors (Lipinski definition) is 1. The molecule has 0 saturated heterocycles. The SMILES string of the molecule is CC(C)(Sc1ncncc1-c1ccc2ccccc2c1)C(=O)O. The molecule has 0 bridgehead atoms. The molecule has 5 heteroatoms. The first-order valence-electron chi connectivity index (χ1n) is 7.19. The number of aliphatic carboxylic acids is 1. The van der Waals surface area contributed by atoms with E-state index in [1.165, 1.54) is 18.1 Å². The highest BCUT2D eigenvalue weighted by Crippen LogP contribution is 2.37. The van der Waals surface area contributed by atoms with Crippen molar-refractivity contribution in [1.82, 2.24) is 9.97 Å². The van der Waals surface area contributed by atoms with E-state index in [4.69, 9.17) is 0 Å². The Kier molecular flexibility index (Phi) is 4.05. The highest BCUT2D eigenvalue weighted by molar-refractivity contribution is 8.01. The maximum Gasteiger partial charge on any atom is 0.319 e. The number of thioether (sulfide) groups is 1. The molecule has 0 aliphatic carbocycles. The first-order chi connectivity index (χ1) is 11.0. The van der Waals surface area contributed by atoms with Crippen LogP contribution in [0, 0.1) is 0 Å². The largest absolute Gasteiger partial charge is 0.480 e. The van der Waals surface area contributed by atoms with Crippen LogP contribution in [0.2, 0.25) is 0 Å². The van der Waals surface area contributed by atoms with E-state index in [2.05, 4.69) is 34.2 Å². The van der Waals surface area contributed by atoms with Crippen LogP contribution in [0.1, 0.15) is 13.8 Å². The molecular formula is C18H16N2O2S. The lowest BCUT2D eigenvalue weighted by Gasteiger charge is -2.19. The van der Waals surface area contributed by atoms with Crippen LogP contribution in [-0.2, 0) is 4.79 Å². The van der Waals surface area contributed by atoms with Crippen LogP contribution in [-0.4, -0.2) is 25.8 Å². The minimum Gasteiger partial charge on any atom is -0.480 e. The minimum atomic E-state index is -0.958. The molecule has 1 N–H and O–H groups in total. The van der Waals surface area contributed by atoms with E-state index in [1.54, 1.807) is 20.0 Å². The quantitative estimate of drug-likeness (QED) is 0.574. The number of hydrogen-bond acceptors (Lipinski definition) is 4. The first-order valence-corrected chi connectivity index (χ1v) is 8.00. The van der Waals surface area contributed by atoms with Crippen molar-refractivity contribution in [2.24, 2.45) is 0 Å². The van der Waals surface area contributed by atoms with Crippen LogP contribution in [0.4, 0.5) is 0 Å². The second-order valence-electron chi connectivity index (χ2n) is 5.72. The predicted molar refractivity (Wildman–Crippen MR) is 92.5 cm³/mol. The Morgan fingerprint density at radius 2 is 1.87 bits per heavy atom. The van der Waals surface area contributed by atoms with Gasteiger partial charge in [0.2, 0.25) is 0 Å². The molecule has 0 fully saturated rings. The van der Waals surface area contributed by atoms with Crippen molar-refractivity contribution in [3.63, 3.8) is 0 Å². The van der Waals surface area contributed by atoms with E-state index in [1.807, 2.05) is 18.2 Å². The Morgan fingerprint density at radius 1 is 1.13 bits per heavy atom. The van der Waals surface area contributed by atoms with E-state index in [0.717, 1.165) is 21.9 Å².